The minimum absolute atomic E-state index is 1.10. The number of nitrogens with one attached hydrogen (secondary N) is 1. The summed E-state index contributed by atoms with van der Waals surface area (Å²) < 4.78 is 0. The van der Waals surface area contributed by atoms with Gasteiger partial charge in [-0.3, -0.25) is 0 Å². The van der Waals surface area contributed by atoms with Gasteiger partial charge in [0, 0.05) is 33.5 Å². The monoisotopic (exact) mass is 502 g/mol. The van der Waals surface area contributed by atoms with E-state index in [1.54, 1.807) is 0 Å². The van der Waals surface area contributed by atoms with E-state index >= 15 is 0 Å². The van der Waals surface area contributed by atoms with Crippen molar-refractivity contribution in [2.45, 2.75) is 20.8 Å². The summed E-state index contributed by atoms with van der Waals surface area (Å²) in [5.41, 5.74) is 9.48. The van der Waals surface area contributed by atoms with Crippen LogP contribution in [0.5, 0.6) is 0 Å². The van der Waals surface area contributed by atoms with E-state index in [1.165, 1.54) is 54.7 Å². The highest BCUT2D eigenvalue weighted by atomic mass is 15.1. The molecule has 2 heteroatoms. The van der Waals surface area contributed by atoms with Crippen molar-refractivity contribution >= 4 is 60.8 Å². The van der Waals surface area contributed by atoms with Gasteiger partial charge in [0.2, 0.25) is 0 Å². The van der Waals surface area contributed by atoms with Gasteiger partial charge in [-0.15, -0.1) is 0 Å². The summed E-state index contributed by atoms with van der Waals surface area (Å²) in [4.78, 5) is 2.39. The molecule has 0 aliphatic heterocycles. The summed E-state index contributed by atoms with van der Waals surface area (Å²) in [6.07, 6.45) is 0. The highest BCUT2D eigenvalue weighted by Gasteiger charge is 2.19. The van der Waals surface area contributed by atoms with Gasteiger partial charge in [-0.1, -0.05) is 89.5 Å². The molecule has 188 valence electrons. The van der Waals surface area contributed by atoms with Crippen molar-refractivity contribution in [2.75, 3.05) is 10.2 Å². The van der Waals surface area contributed by atoms with Gasteiger partial charge in [0.05, 0.1) is 5.69 Å². The molecular formula is C37H30N2. The molecule has 0 aliphatic rings. The zero-order chi connectivity index (χ0) is 26.5. The summed E-state index contributed by atoms with van der Waals surface area (Å²) in [7, 11) is 0. The standard InChI is InChI=1S/C37H30N2/c1-24-4-14-29(15-5-24)38-34-22-12-27-11-21-33-35(23-13-28-10-20-32(34)36(27)37(28)33)39(30-16-6-25(2)7-17-30)31-18-8-26(3)9-19-31/h4-23,38H,1-3H3. The molecule has 0 aromatic heterocycles. The fourth-order valence-electron chi connectivity index (χ4n) is 5.70. The molecule has 7 aromatic rings. The molecule has 0 fully saturated rings. The van der Waals surface area contributed by atoms with E-state index in [-0.39, 0.29) is 0 Å². The predicted molar refractivity (Wildman–Crippen MR) is 169 cm³/mol. The van der Waals surface area contributed by atoms with Crippen molar-refractivity contribution < 1.29 is 0 Å². The Morgan fingerprint density at radius 1 is 0.436 bits per heavy atom. The highest BCUT2D eigenvalue weighted by molar-refractivity contribution is 6.27. The quantitative estimate of drug-likeness (QED) is 0.235. The molecule has 0 atom stereocenters. The Hall–Kier alpha value is -4.82. The lowest BCUT2D eigenvalue weighted by Crippen LogP contribution is -2.10. The minimum Gasteiger partial charge on any atom is -0.355 e. The Labute approximate surface area is 229 Å². The zero-order valence-corrected chi connectivity index (χ0v) is 22.5. The first-order valence-corrected chi connectivity index (χ1v) is 13.5. The molecule has 39 heavy (non-hydrogen) atoms. The largest absolute Gasteiger partial charge is 0.355 e. The number of aryl methyl sites for hydroxylation is 3. The van der Waals surface area contributed by atoms with Crippen LogP contribution in [0, 0.1) is 20.8 Å². The Balaban J connectivity index is 1.47. The van der Waals surface area contributed by atoms with Gasteiger partial charge >= 0.3 is 0 Å². The third-order valence-corrected chi connectivity index (χ3v) is 7.80. The lowest BCUT2D eigenvalue weighted by atomic mass is 9.92. The summed E-state index contributed by atoms with van der Waals surface area (Å²) in [5, 5.41) is 11.3. The maximum Gasteiger partial charge on any atom is 0.0540 e. The maximum absolute atomic E-state index is 3.67. The second-order valence-corrected chi connectivity index (χ2v) is 10.6. The molecule has 0 saturated heterocycles. The number of anilines is 5. The molecule has 0 unspecified atom stereocenters. The van der Waals surface area contributed by atoms with Gasteiger partial charge in [0.25, 0.3) is 0 Å². The Morgan fingerprint density at radius 3 is 1.49 bits per heavy atom. The van der Waals surface area contributed by atoms with E-state index in [2.05, 4.69) is 152 Å². The van der Waals surface area contributed by atoms with Crippen LogP contribution in [0.15, 0.2) is 121 Å². The van der Waals surface area contributed by atoms with E-state index in [9.17, 15) is 0 Å². The second-order valence-electron chi connectivity index (χ2n) is 10.6. The number of nitrogens with zero attached hydrogens (tertiary/aromatic N) is 1. The fourth-order valence-corrected chi connectivity index (χ4v) is 5.70. The van der Waals surface area contributed by atoms with Crippen LogP contribution in [-0.2, 0) is 0 Å². The lowest BCUT2D eigenvalue weighted by molar-refractivity contribution is 1.28. The molecule has 1 N–H and O–H groups in total. The zero-order valence-electron chi connectivity index (χ0n) is 22.5. The molecule has 0 spiro atoms. The van der Waals surface area contributed by atoms with Crippen LogP contribution in [0.1, 0.15) is 16.7 Å². The first-order chi connectivity index (χ1) is 19.0. The topological polar surface area (TPSA) is 15.3 Å². The van der Waals surface area contributed by atoms with Crippen LogP contribution >= 0.6 is 0 Å². The Bertz CT molecular complexity index is 1890. The summed E-state index contributed by atoms with van der Waals surface area (Å²) >= 11 is 0. The SMILES string of the molecule is Cc1ccc(Nc2ccc3ccc4c(N(c5ccc(C)cc5)c5ccc(C)cc5)ccc5ccc2c3c54)cc1. The van der Waals surface area contributed by atoms with Crippen molar-refractivity contribution in [1.29, 1.82) is 0 Å². The van der Waals surface area contributed by atoms with Crippen LogP contribution in [-0.4, -0.2) is 0 Å². The van der Waals surface area contributed by atoms with Crippen LogP contribution in [0.3, 0.4) is 0 Å². The van der Waals surface area contributed by atoms with Gasteiger partial charge in [-0.2, -0.15) is 0 Å². The predicted octanol–water partition coefficient (Wildman–Crippen LogP) is 10.7. The molecule has 0 heterocycles. The number of rotatable bonds is 5. The van der Waals surface area contributed by atoms with Crippen molar-refractivity contribution in [1.82, 2.24) is 0 Å². The van der Waals surface area contributed by atoms with Crippen molar-refractivity contribution in [3.8, 4) is 0 Å². The lowest BCUT2D eigenvalue weighted by Gasteiger charge is -2.28. The minimum atomic E-state index is 1.10. The number of benzene rings is 7. The summed E-state index contributed by atoms with van der Waals surface area (Å²) in [5.74, 6) is 0. The normalized spacial score (nSPS) is 11.5. The molecule has 7 aromatic carbocycles. The Kier molecular flexibility index (Phi) is 5.49. The average Bonchev–Trinajstić information content (AvgIpc) is 2.96. The van der Waals surface area contributed by atoms with Crippen molar-refractivity contribution in [3.63, 3.8) is 0 Å². The van der Waals surface area contributed by atoms with Crippen LogP contribution in [0.25, 0.3) is 32.3 Å². The van der Waals surface area contributed by atoms with Gasteiger partial charge < -0.3 is 10.2 Å². The van der Waals surface area contributed by atoms with Crippen LogP contribution < -0.4 is 10.2 Å². The van der Waals surface area contributed by atoms with E-state index in [0.29, 0.717) is 0 Å². The van der Waals surface area contributed by atoms with Gasteiger partial charge in [0.1, 0.15) is 0 Å². The summed E-state index contributed by atoms with van der Waals surface area (Å²) in [6, 6.07) is 44.3. The third-order valence-electron chi connectivity index (χ3n) is 7.80. The van der Waals surface area contributed by atoms with Crippen LogP contribution in [0.4, 0.5) is 28.4 Å². The smallest absolute Gasteiger partial charge is 0.0540 e. The average molecular weight is 503 g/mol. The number of hydrogen-bond acceptors (Lipinski definition) is 2. The van der Waals surface area contributed by atoms with Crippen LogP contribution in [0.2, 0.25) is 0 Å². The first-order valence-electron chi connectivity index (χ1n) is 13.5. The number of hydrogen-bond donors (Lipinski definition) is 1. The summed E-state index contributed by atoms with van der Waals surface area (Å²) in [6.45, 7) is 6.39. The van der Waals surface area contributed by atoms with Gasteiger partial charge in [-0.25, -0.2) is 0 Å². The van der Waals surface area contributed by atoms with Gasteiger partial charge in [0.15, 0.2) is 0 Å². The third kappa shape index (κ3) is 4.06. The molecule has 0 aliphatic carbocycles. The molecule has 0 bridgehead atoms. The van der Waals surface area contributed by atoms with E-state index in [1.807, 2.05) is 0 Å². The molecule has 0 amide bonds. The van der Waals surface area contributed by atoms with Gasteiger partial charge in [-0.05, 0) is 90.8 Å². The highest BCUT2D eigenvalue weighted by Crippen LogP contribution is 2.45. The Morgan fingerprint density at radius 2 is 0.897 bits per heavy atom. The molecule has 2 nitrogen and oxygen atoms in total. The molecule has 0 saturated carbocycles. The fraction of sp³-hybridized carbons (Fsp3) is 0.0811. The van der Waals surface area contributed by atoms with E-state index in [0.717, 1.165) is 22.7 Å². The van der Waals surface area contributed by atoms with Crippen molar-refractivity contribution in [2.24, 2.45) is 0 Å². The second kappa shape index (κ2) is 9.18. The molecule has 0 radical (unpaired) electrons. The van der Waals surface area contributed by atoms with E-state index in [4.69, 9.17) is 0 Å². The molecular weight excluding hydrogens is 472 g/mol. The van der Waals surface area contributed by atoms with Crippen molar-refractivity contribution in [3.05, 3.63) is 138 Å². The first kappa shape index (κ1) is 23.3. The molecule has 7 rings (SSSR count). The maximum atomic E-state index is 3.67. The van der Waals surface area contributed by atoms with E-state index < -0.39 is 0 Å².